The Balaban J connectivity index is 1.64. The zero-order valence-electron chi connectivity index (χ0n) is 18.6. The minimum Gasteiger partial charge on any atom is -0.493 e. The van der Waals surface area contributed by atoms with Gasteiger partial charge in [0.15, 0.2) is 11.5 Å². The average Bonchev–Trinajstić information content (AvgIpc) is 3.11. The maximum atomic E-state index is 13.2. The summed E-state index contributed by atoms with van der Waals surface area (Å²) in [4.78, 5) is 13.1. The van der Waals surface area contributed by atoms with Crippen molar-refractivity contribution in [2.75, 3.05) is 12.1 Å². The van der Waals surface area contributed by atoms with E-state index in [4.69, 9.17) is 14.6 Å². The second kappa shape index (κ2) is 9.50. The molecule has 3 aromatic carbocycles. The Morgan fingerprint density at radius 3 is 2.35 bits per heavy atom. The van der Waals surface area contributed by atoms with Gasteiger partial charge in [-0.2, -0.15) is 10.1 Å². The Bertz CT molecular complexity index is 1380. The van der Waals surface area contributed by atoms with Gasteiger partial charge in [0.1, 0.15) is 6.61 Å². The van der Waals surface area contributed by atoms with Crippen LogP contribution in [0.1, 0.15) is 18.1 Å². The number of nitrogens with zero attached hydrogens (tertiary/aromatic N) is 2. The Morgan fingerprint density at radius 1 is 1.00 bits per heavy atom. The third-order valence-corrected chi connectivity index (χ3v) is 6.16. The number of rotatable bonds is 7. The topological polar surface area (TPSA) is 111 Å². The molecule has 0 aromatic heterocycles. The van der Waals surface area contributed by atoms with E-state index in [1.165, 1.54) is 29.3 Å². The third-order valence-electron chi connectivity index (χ3n) is 5.23. The second-order valence-electron chi connectivity index (χ2n) is 7.55. The molecule has 174 valence electrons. The van der Waals surface area contributed by atoms with Gasteiger partial charge in [-0.3, -0.25) is 4.79 Å². The van der Waals surface area contributed by atoms with E-state index in [0.29, 0.717) is 40.6 Å². The molecule has 0 bridgehead atoms. The zero-order valence-corrected chi connectivity index (χ0v) is 19.5. The first-order chi connectivity index (χ1) is 16.3. The molecule has 0 spiro atoms. The molecule has 0 atom stereocenters. The summed E-state index contributed by atoms with van der Waals surface area (Å²) in [6.07, 6.45) is 1.71. The minimum atomic E-state index is -3.83. The van der Waals surface area contributed by atoms with Crippen molar-refractivity contribution in [2.24, 2.45) is 10.2 Å². The summed E-state index contributed by atoms with van der Waals surface area (Å²) in [5.41, 5.74) is 2.98. The van der Waals surface area contributed by atoms with Gasteiger partial charge in [-0.15, -0.1) is 0 Å². The minimum absolute atomic E-state index is 0.0454. The lowest BCUT2D eigenvalue weighted by Gasteiger charge is -2.14. The van der Waals surface area contributed by atoms with Crippen molar-refractivity contribution in [1.29, 1.82) is 0 Å². The normalized spacial score (nSPS) is 14.9. The molecule has 2 N–H and O–H groups in total. The molecule has 0 saturated heterocycles. The Kier molecular flexibility index (Phi) is 6.49. The van der Waals surface area contributed by atoms with Crippen molar-refractivity contribution >= 4 is 33.4 Å². The van der Waals surface area contributed by atoms with Gasteiger partial charge in [-0.25, -0.2) is 13.6 Å². The van der Waals surface area contributed by atoms with Crippen LogP contribution in [0.4, 0.5) is 5.69 Å². The van der Waals surface area contributed by atoms with Crippen LogP contribution in [0.5, 0.6) is 11.5 Å². The van der Waals surface area contributed by atoms with E-state index >= 15 is 0 Å². The summed E-state index contributed by atoms with van der Waals surface area (Å²) in [5.74, 6) is 0.705. The Morgan fingerprint density at radius 2 is 1.71 bits per heavy atom. The number of benzene rings is 3. The van der Waals surface area contributed by atoms with Crippen LogP contribution < -0.4 is 19.6 Å². The number of methoxy groups -OCH3 is 1. The number of sulfonamides is 1. The van der Waals surface area contributed by atoms with Gasteiger partial charge in [0.25, 0.3) is 5.91 Å². The lowest BCUT2D eigenvalue weighted by atomic mass is 10.1. The molecule has 0 unspecified atom stereocenters. The molecule has 0 radical (unpaired) electrons. The van der Waals surface area contributed by atoms with Crippen LogP contribution in [0.3, 0.4) is 0 Å². The first-order valence-electron chi connectivity index (χ1n) is 10.4. The van der Waals surface area contributed by atoms with Crippen molar-refractivity contribution in [3.63, 3.8) is 0 Å². The van der Waals surface area contributed by atoms with E-state index in [-0.39, 0.29) is 10.8 Å². The van der Waals surface area contributed by atoms with Crippen LogP contribution in [0.2, 0.25) is 0 Å². The molecule has 34 heavy (non-hydrogen) atoms. The predicted octanol–water partition coefficient (Wildman–Crippen LogP) is 3.73. The highest BCUT2D eigenvalue weighted by Gasteiger charge is 2.29. The maximum absolute atomic E-state index is 13.2. The molecule has 8 nitrogen and oxygen atoms in total. The van der Waals surface area contributed by atoms with E-state index in [1.54, 1.807) is 26.2 Å². The number of carbonyl (C=O) groups is 1. The molecule has 0 aliphatic carbocycles. The quantitative estimate of drug-likeness (QED) is 0.521. The number of carbonyl (C=O) groups excluding carboxylic acids is 1. The fraction of sp³-hybridized carbons (Fsp3) is 0.120. The molecule has 3 aromatic rings. The summed E-state index contributed by atoms with van der Waals surface area (Å²) in [6, 6.07) is 20.8. The van der Waals surface area contributed by atoms with Gasteiger partial charge in [0.2, 0.25) is 10.0 Å². The van der Waals surface area contributed by atoms with Gasteiger partial charge < -0.3 is 9.47 Å². The van der Waals surface area contributed by atoms with E-state index in [2.05, 4.69) is 5.10 Å². The SMILES string of the molecule is COc1cccc(/C=C2\C(=O)N(c3ccc(S(N)(=O)=O)cc3)N=C2C)c1OCc1ccccc1. The highest BCUT2D eigenvalue weighted by atomic mass is 32.2. The first-order valence-corrected chi connectivity index (χ1v) is 11.9. The summed E-state index contributed by atoms with van der Waals surface area (Å²) in [7, 11) is -2.27. The highest BCUT2D eigenvalue weighted by Crippen LogP contribution is 2.35. The van der Waals surface area contributed by atoms with Crippen molar-refractivity contribution in [3.05, 3.63) is 89.5 Å². The predicted molar refractivity (Wildman–Crippen MR) is 130 cm³/mol. The second-order valence-corrected chi connectivity index (χ2v) is 9.11. The fourth-order valence-electron chi connectivity index (χ4n) is 3.48. The van der Waals surface area contributed by atoms with Crippen LogP contribution in [-0.4, -0.2) is 27.1 Å². The average molecular weight is 478 g/mol. The molecule has 1 aliphatic rings. The van der Waals surface area contributed by atoms with Crippen LogP contribution in [0.15, 0.2) is 88.4 Å². The number of nitrogens with two attached hydrogens (primary N) is 1. The molecule has 1 heterocycles. The molecular weight excluding hydrogens is 454 g/mol. The molecular formula is C25H23N3O5S. The summed E-state index contributed by atoms with van der Waals surface area (Å²) >= 11 is 0. The summed E-state index contributed by atoms with van der Waals surface area (Å²) < 4.78 is 34.6. The zero-order chi connectivity index (χ0) is 24.3. The van der Waals surface area contributed by atoms with Crippen LogP contribution in [0, 0.1) is 0 Å². The number of amides is 1. The first kappa shape index (κ1) is 23.2. The molecule has 1 aliphatic heterocycles. The van der Waals surface area contributed by atoms with E-state index in [0.717, 1.165) is 5.56 Å². The molecule has 0 fully saturated rings. The van der Waals surface area contributed by atoms with Crippen molar-refractivity contribution < 1.29 is 22.7 Å². The molecule has 0 saturated carbocycles. The number of hydrogen-bond acceptors (Lipinski definition) is 6. The van der Waals surface area contributed by atoms with Gasteiger partial charge in [-0.1, -0.05) is 42.5 Å². The van der Waals surface area contributed by atoms with Gasteiger partial charge in [-0.05, 0) is 48.9 Å². The van der Waals surface area contributed by atoms with E-state index < -0.39 is 10.0 Å². The van der Waals surface area contributed by atoms with E-state index in [1.807, 2.05) is 42.5 Å². The number of primary sulfonamides is 1. The van der Waals surface area contributed by atoms with Crippen LogP contribution in [0.25, 0.3) is 6.08 Å². The maximum Gasteiger partial charge on any atom is 0.280 e. The molecule has 4 rings (SSSR count). The smallest absolute Gasteiger partial charge is 0.280 e. The Labute approximate surface area is 198 Å². The number of hydrogen-bond donors (Lipinski definition) is 1. The lowest BCUT2D eigenvalue weighted by molar-refractivity contribution is -0.114. The number of hydrazone groups is 1. The number of para-hydroxylation sites is 1. The van der Waals surface area contributed by atoms with Crippen LogP contribution in [-0.2, 0) is 21.4 Å². The Hall–Kier alpha value is -3.95. The largest absolute Gasteiger partial charge is 0.493 e. The van der Waals surface area contributed by atoms with Crippen molar-refractivity contribution in [2.45, 2.75) is 18.4 Å². The fourth-order valence-corrected chi connectivity index (χ4v) is 4.00. The van der Waals surface area contributed by atoms with Crippen molar-refractivity contribution in [1.82, 2.24) is 0 Å². The van der Waals surface area contributed by atoms with Gasteiger partial charge in [0.05, 0.1) is 29.0 Å². The summed E-state index contributed by atoms with van der Waals surface area (Å²) in [5, 5.41) is 10.7. The van der Waals surface area contributed by atoms with Crippen molar-refractivity contribution in [3.8, 4) is 11.5 Å². The third kappa shape index (κ3) is 4.85. The van der Waals surface area contributed by atoms with E-state index in [9.17, 15) is 13.2 Å². The van der Waals surface area contributed by atoms with Crippen LogP contribution >= 0.6 is 0 Å². The van der Waals surface area contributed by atoms with Gasteiger partial charge >= 0.3 is 0 Å². The highest BCUT2D eigenvalue weighted by molar-refractivity contribution is 7.89. The molecule has 9 heteroatoms. The standard InChI is InChI=1S/C25H23N3O5S/c1-17-22(25(29)28(27-17)20-11-13-21(14-12-20)34(26,30)31)15-19-9-6-10-23(32-2)24(19)33-16-18-7-4-3-5-8-18/h3-15H,16H2,1-2H3,(H2,26,30,31)/b22-15-. The summed E-state index contributed by atoms with van der Waals surface area (Å²) in [6.45, 7) is 2.06. The molecule has 1 amide bonds. The van der Waals surface area contributed by atoms with Gasteiger partial charge in [0, 0.05) is 5.56 Å². The lowest BCUT2D eigenvalue weighted by Crippen LogP contribution is -2.21. The number of ether oxygens (including phenoxy) is 2. The number of anilines is 1. The monoisotopic (exact) mass is 477 g/mol.